The predicted molar refractivity (Wildman–Crippen MR) is 56.1 cm³/mol. The van der Waals surface area contributed by atoms with Crippen molar-refractivity contribution in [3.8, 4) is 0 Å². The molecule has 0 radical (unpaired) electrons. The van der Waals surface area contributed by atoms with Crippen LogP contribution in [0.4, 0.5) is 0 Å². The molecule has 1 nitrogen and oxygen atoms in total. The largest absolute Gasteiger partial charge is 0.388 e. The maximum absolute atomic E-state index is 4.02. The Bertz CT molecular complexity index is 142. The van der Waals surface area contributed by atoms with Crippen molar-refractivity contribution < 1.29 is 0 Å². The maximum Gasteiger partial charge on any atom is 0.0192 e. The Hall–Kier alpha value is -0.460. The summed E-state index contributed by atoms with van der Waals surface area (Å²) in [4.78, 5) is 0. The highest BCUT2D eigenvalue weighted by molar-refractivity contribution is 4.96. The summed E-state index contributed by atoms with van der Waals surface area (Å²) in [6, 6.07) is 0. The molecule has 1 N–H and O–H groups in total. The zero-order chi connectivity index (χ0) is 9.78. The minimum atomic E-state index is 0.344. The molecule has 0 aliphatic rings. The molecule has 0 rings (SSSR count). The topological polar surface area (TPSA) is 12.0 Å². The Balaban J connectivity index is 3.72. The van der Waals surface area contributed by atoms with Gasteiger partial charge in [0, 0.05) is 12.2 Å². The van der Waals surface area contributed by atoms with Crippen molar-refractivity contribution in [1.82, 2.24) is 5.32 Å². The van der Waals surface area contributed by atoms with Crippen molar-refractivity contribution in [2.24, 2.45) is 11.3 Å². The van der Waals surface area contributed by atoms with Gasteiger partial charge < -0.3 is 5.32 Å². The lowest BCUT2D eigenvalue weighted by Gasteiger charge is -2.23. The highest BCUT2D eigenvalue weighted by Crippen LogP contribution is 2.14. The highest BCUT2D eigenvalue weighted by Gasteiger charge is 2.11. The van der Waals surface area contributed by atoms with Crippen molar-refractivity contribution >= 4 is 0 Å². The summed E-state index contributed by atoms with van der Waals surface area (Å²) in [5, 5.41) is 3.38. The van der Waals surface area contributed by atoms with Gasteiger partial charge in [-0.2, -0.15) is 0 Å². The molecule has 0 saturated carbocycles. The summed E-state index contributed by atoms with van der Waals surface area (Å²) in [5.41, 5.74) is 1.52. The molecule has 0 aliphatic heterocycles. The second-order valence-electron chi connectivity index (χ2n) is 4.75. The zero-order valence-corrected chi connectivity index (χ0v) is 9.20. The molecule has 0 heterocycles. The van der Waals surface area contributed by atoms with Gasteiger partial charge in [0.05, 0.1) is 0 Å². The van der Waals surface area contributed by atoms with Crippen LogP contribution in [0.5, 0.6) is 0 Å². The lowest BCUT2D eigenvalue weighted by Crippen LogP contribution is -2.28. The predicted octanol–water partition coefficient (Wildman–Crippen LogP) is 3.18. The fourth-order valence-electron chi connectivity index (χ4n) is 0.799. The van der Waals surface area contributed by atoms with E-state index in [0.29, 0.717) is 11.3 Å². The molecule has 0 fully saturated rings. The molecule has 1 atom stereocenters. The molecule has 0 aromatic rings. The molecular formula is C11H23N. The Kier molecular flexibility index (Phi) is 4.36. The van der Waals surface area contributed by atoms with Gasteiger partial charge in [-0.25, -0.2) is 0 Å². The molecule has 0 aromatic heterocycles. The van der Waals surface area contributed by atoms with Crippen LogP contribution in [0.2, 0.25) is 0 Å². The molecule has 0 unspecified atom stereocenters. The van der Waals surface area contributed by atoms with E-state index in [1.54, 1.807) is 0 Å². The Labute approximate surface area is 77.2 Å². The molecule has 0 bridgehead atoms. The summed E-state index contributed by atoms with van der Waals surface area (Å²) in [7, 11) is 0. The average Bonchev–Trinajstić information content (AvgIpc) is 1.97. The van der Waals surface area contributed by atoms with Gasteiger partial charge in [-0.3, -0.25) is 0 Å². The van der Waals surface area contributed by atoms with Crippen molar-refractivity contribution in [3.63, 3.8) is 0 Å². The van der Waals surface area contributed by atoms with E-state index in [4.69, 9.17) is 0 Å². The van der Waals surface area contributed by atoms with E-state index < -0.39 is 0 Å². The quantitative estimate of drug-likeness (QED) is 0.681. The maximum atomic E-state index is 4.02. The van der Waals surface area contributed by atoms with Crippen LogP contribution in [0, 0.1) is 11.3 Å². The van der Waals surface area contributed by atoms with E-state index in [2.05, 4.69) is 46.5 Å². The fraction of sp³-hybridized carbons (Fsp3) is 0.818. The van der Waals surface area contributed by atoms with E-state index in [1.807, 2.05) is 0 Å². The lowest BCUT2D eigenvalue weighted by atomic mass is 9.96. The van der Waals surface area contributed by atoms with Crippen LogP contribution in [-0.2, 0) is 0 Å². The van der Waals surface area contributed by atoms with Crippen LogP contribution in [0.3, 0.4) is 0 Å². The van der Waals surface area contributed by atoms with Gasteiger partial charge in [0.15, 0.2) is 0 Å². The van der Waals surface area contributed by atoms with E-state index in [1.165, 1.54) is 5.70 Å². The van der Waals surface area contributed by atoms with Crippen molar-refractivity contribution in [2.75, 3.05) is 6.54 Å². The SMILES string of the molecule is C=C(NCC(C)(C)C)[C@@H](C)CC. The van der Waals surface area contributed by atoms with E-state index in [9.17, 15) is 0 Å². The number of allylic oxidation sites excluding steroid dienone is 1. The third-order valence-corrected chi connectivity index (χ3v) is 2.05. The van der Waals surface area contributed by atoms with Crippen LogP contribution < -0.4 is 5.32 Å². The third-order valence-electron chi connectivity index (χ3n) is 2.05. The summed E-state index contributed by atoms with van der Waals surface area (Å²) in [6.45, 7) is 16.1. The number of hydrogen-bond donors (Lipinski definition) is 1. The van der Waals surface area contributed by atoms with Gasteiger partial charge in [0.25, 0.3) is 0 Å². The molecule has 0 spiro atoms. The molecule has 0 amide bonds. The smallest absolute Gasteiger partial charge is 0.0192 e. The zero-order valence-electron chi connectivity index (χ0n) is 9.20. The first-order valence-electron chi connectivity index (χ1n) is 4.79. The van der Waals surface area contributed by atoms with Gasteiger partial charge in [0.2, 0.25) is 0 Å². The first-order chi connectivity index (χ1) is 5.37. The molecule has 1 heteroatoms. The van der Waals surface area contributed by atoms with Crippen LogP contribution in [0.1, 0.15) is 41.0 Å². The normalized spacial score (nSPS) is 14.1. The van der Waals surface area contributed by atoms with Gasteiger partial charge in [0.1, 0.15) is 0 Å². The minimum Gasteiger partial charge on any atom is -0.388 e. The first kappa shape index (κ1) is 11.5. The fourth-order valence-corrected chi connectivity index (χ4v) is 0.799. The Morgan fingerprint density at radius 2 is 1.92 bits per heavy atom. The molecule has 0 aromatic carbocycles. The van der Waals surface area contributed by atoms with Gasteiger partial charge >= 0.3 is 0 Å². The van der Waals surface area contributed by atoms with Crippen LogP contribution in [0.15, 0.2) is 12.3 Å². The molecular weight excluding hydrogens is 146 g/mol. The van der Waals surface area contributed by atoms with E-state index in [0.717, 1.165) is 13.0 Å². The van der Waals surface area contributed by atoms with Crippen LogP contribution in [0.25, 0.3) is 0 Å². The number of hydrogen-bond acceptors (Lipinski definition) is 1. The molecule has 0 aliphatic carbocycles. The molecule has 0 saturated heterocycles. The average molecular weight is 169 g/mol. The monoisotopic (exact) mass is 169 g/mol. The van der Waals surface area contributed by atoms with Gasteiger partial charge in [-0.05, 0) is 17.8 Å². The number of rotatable bonds is 4. The standard InChI is InChI=1S/C11H23N/c1-7-9(2)10(3)12-8-11(4,5)6/h9,12H,3,7-8H2,1-2,4-6H3/t9-/m0/s1. The molecule has 72 valence electrons. The van der Waals surface area contributed by atoms with Crippen LogP contribution in [-0.4, -0.2) is 6.54 Å². The Morgan fingerprint density at radius 3 is 2.25 bits per heavy atom. The van der Waals surface area contributed by atoms with Crippen molar-refractivity contribution in [3.05, 3.63) is 12.3 Å². The van der Waals surface area contributed by atoms with Crippen molar-refractivity contribution in [1.29, 1.82) is 0 Å². The summed E-state index contributed by atoms with van der Waals surface area (Å²) < 4.78 is 0. The second kappa shape index (κ2) is 4.54. The summed E-state index contributed by atoms with van der Waals surface area (Å²) >= 11 is 0. The minimum absolute atomic E-state index is 0.344. The van der Waals surface area contributed by atoms with Crippen LogP contribution >= 0.6 is 0 Å². The van der Waals surface area contributed by atoms with Crippen molar-refractivity contribution in [2.45, 2.75) is 41.0 Å². The van der Waals surface area contributed by atoms with Gasteiger partial charge in [-0.1, -0.05) is 41.2 Å². The Morgan fingerprint density at radius 1 is 1.42 bits per heavy atom. The highest BCUT2D eigenvalue weighted by atomic mass is 14.9. The van der Waals surface area contributed by atoms with E-state index in [-0.39, 0.29) is 0 Å². The summed E-state index contributed by atoms with van der Waals surface area (Å²) in [5.74, 6) is 0.590. The summed E-state index contributed by atoms with van der Waals surface area (Å²) in [6.07, 6.45) is 1.16. The first-order valence-corrected chi connectivity index (χ1v) is 4.79. The number of nitrogens with one attached hydrogen (secondary N) is 1. The third kappa shape index (κ3) is 5.22. The molecule has 12 heavy (non-hydrogen) atoms. The lowest BCUT2D eigenvalue weighted by molar-refractivity contribution is 0.386. The van der Waals surface area contributed by atoms with E-state index >= 15 is 0 Å². The second-order valence-corrected chi connectivity index (χ2v) is 4.75. The van der Waals surface area contributed by atoms with Gasteiger partial charge in [-0.15, -0.1) is 0 Å².